The maximum Gasteiger partial charge on any atom is 0.331 e. The molecule has 21 heavy (non-hydrogen) atoms. The second-order valence-electron chi connectivity index (χ2n) is 5.79. The van der Waals surface area contributed by atoms with E-state index in [1.54, 1.807) is 6.07 Å². The predicted octanol–water partition coefficient (Wildman–Crippen LogP) is 3.50. The molecule has 4 nitrogen and oxygen atoms in total. The van der Waals surface area contributed by atoms with Gasteiger partial charge in [-0.25, -0.2) is 4.79 Å². The molecule has 1 aliphatic rings. The lowest BCUT2D eigenvalue weighted by Crippen LogP contribution is -2.54. The topological polar surface area (TPSA) is 47.6 Å². The number of para-hydroxylation sites is 1. The first-order chi connectivity index (χ1) is 9.98. The Hall–Kier alpha value is -1.26. The minimum Gasteiger partial charge on any atom is -0.467 e. The number of carbonyl (C=O) groups is 1. The summed E-state index contributed by atoms with van der Waals surface area (Å²) in [6.45, 7) is 4.70. The third-order valence-electron chi connectivity index (χ3n) is 3.98. The van der Waals surface area contributed by atoms with E-state index in [9.17, 15) is 4.79 Å². The average molecular weight is 312 g/mol. The summed E-state index contributed by atoms with van der Waals surface area (Å²) >= 11 is 6.21. The number of hydrogen-bond donors (Lipinski definition) is 1. The lowest BCUT2D eigenvalue weighted by Gasteiger charge is -2.41. The fourth-order valence-corrected chi connectivity index (χ4v) is 2.87. The van der Waals surface area contributed by atoms with Gasteiger partial charge in [0.05, 0.1) is 23.9 Å². The van der Waals surface area contributed by atoms with Crippen LogP contribution in [0.1, 0.15) is 26.7 Å². The Balaban J connectivity index is 2.29. The first kappa shape index (κ1) is 16.1. The molecule has 0 spiro atoms. The fourth-order valence-electron chi connectivity index (χ4n) is 2.68. The highest BCUT2D eigenvalue weighted by Crippen LogP contribution is 2.35. The van der Waals surface area contributed by atoms with Crippen molar-refractivity contribution in [3.8, 4) is 0 Å². The minimum atomic E-state index is -0.785. The Labute approximate surface area is 130 Å². The van der Waals surface area contributed by atoms with Gasteiger partial charge in [0, 0.05) is 19.4 Å². The third-order valence-corrected chi connectivity index (χ3v) is 4.31. The molecule has 2 rings (SSSR count). The molecule has 1 aromatic carbocycles. The first-order valence-electron chi connectivity index (χ1n) is 7.21. The Morgan fingerprint density at radius 2 is 2.19 bits per heavy atom. The van der Waals surface area contributed by atoms with Gasteiger partial charge in [0.15, 0.2) is 0 Å². The quantitative estimate of drug-likeness (QED) is 0.865. The molecule has 2 atom stereocenters. The van der Waals surface area contributed by atoms with Crippen LogP contribution in [0.25, 0.3) is 0 Å². The van der Waals surface area contributed by atoms with Gasteiger partial charge in [-0.3, -0.25) is 0 Å². The van der Waals surface area contributed by atoms with Crippen molar-refractivity contribution in [3.05, 3.63) is 29.3 Å². The zero-order chi connectivity index (χ0) is 15.5. The van der Waals surface area contributed by atoms with Gasteiger partial charge in [-0.15, -0.1) is 0 Å². The molecule has 1 fully saturated rings. The van der Waals surface area contributed by atoms with Crippen LogP contribution in [-0.2, 0) is 14.3 Å². The van der Waals surface area contributed by atoms with Crippen LogP contribution in [0.5, 0.6) is 0 Å². The van der Waals surface area contributed by atoms with Crippen LogP contribution in [0.4, 0.5) is 5.69 Å². The number of benzene rings is 1. The molecule has 116 valence electrons. The van der Waals surface area contributed by atoms with E-state index in [2.05, 4.69) is 19.2 Å². The lowest BCUT2D eigenvalue weighted by atomic mass is 9.83. The van der Waals surface area contributed by atoms with Gasteiger partial charge in [-0.1, -0.05) is 37.6 Å². The van der Waals surface area contributed by atoms with E-state index in [0.29, 0.717) is 30.4 Å². The number of halogens is 1. The predicted molar refractivity (Wildman–Crippen MR) is 83.6 cm³/mol. The Kier molecular flexibility index (Phi) is 5.12. The molecule has 1 saturated heterocycles. The summed E-state index contributed by atoms with van der Waals surface area (Å²) in [5.41, 5.74) is -0.0404. The largest absolute Gasteiger partial charge is 0.467 e. The number of methoxy groups -OCH3 is 1. The second-order valence-corrected chi connectivity index (χ2v) is 6.19. The highest BCUT2D eigenvalue weighted by Gasteiger charge is 2.45. The number of rotatable bonds is 4. The van der Waals surface area contributed by atoms with Crippen LogP contribution < -0.4 is 5.32 Å². The van der Waals surface area contributed by atoms with Gasteiger partial charge >= 0.3 is 5.97 Å². The van der Waals surface area contributed by atoms with Gasteiger partial charge in [-0.2, -0.15) is 0 Å². The van der Waals surface area contributed by atoms with Crippen LogP contribution in [0.2, 0.25) is 5.02 Å². The van der Waals surface area contributed by atoms with Gasteiger partial charge < -0.3 is 14.8 Å². The smallest absolute Gasteiger partial charge is 0.331 e. The van der Waals surface area contributed by atoms with E-state index < -0.39 is 5.54 Å². The summed E-state index contributed by atoms with van der Waals surface area (Å²) in [4.78, 5) is 12.4. The molecule has 2 unspecified atom stereocenters. The molecule has 0 radical (unpaired) electrons. The molecule has 0 saturated carbocycles. The van der Waals surface area contributed by atoms with Gasteiger partial charge in [-0.05, 0) is 18.1 Å². The molecule has 1 aliphatic heterocycles. The zero-order valence-corrected chi connectivity index (χ0v) is 13.4. The first-order valence-corrected chi connectivity index (χ1v) is 7.59. The third kappa shape index (κ3) is 3.50. The van der Waals surface area contributed by atoms with Crippen LogP contribution in [0.15, 0.2) is 24.3 Å². The number of esters is 1. The highest BCUT2D eigenvalue weighted by molar-refractivity contribution is 6.33. The number of nitrogens with one attached hydrogen (secondary N) is 1. The van der Waals surface area contributed by atoms with Crippen molar-refractivity contribution < 1.29 is 14.3 Å². The highest BCUT2D eigenvalue weighted by atomic mass is 35.5. The van der Waals surface area contributed by atoms with Crippen molar-refractivity contribution >= 4 is 23.3 Å². The van der Waals surface area contributed by atoms with Crippen molar-refractivity contribution in [2.45, 2.75) is 38.3 Å². The van der Waals surface area contributed by atoms with Crippen LogP contribution in [-0.4, -0.2) is 31.3 Å². The van der Waals surface area contributed by atoms with Crippen LogP contribution >= 0.6 is 11.6 Å². The summed E-state index contributed by atoms with van der Waals surface area (Å²) in [6.07, 6.45) is 1.16. The molecule has 0 amide bonds. The minimum absolute atomic E-state index is 0.0211. The molecule has 0 aliphatic carbocycles. The molecule has 5 heteroatoms. The number of carbonyl (C=O) groups excluding carboxylic acids is 1. The molecule has 1 heterocycles. The normalized spacial score (nSPS) is 25.7. The van der Waals surface area contributed by atoms with E-state index in [1.165, 1.54) is 7.11 Å². The SMILES string of the molecule is COC(=O)C1(Nc2ccccc2Cl)CCOC(C(C)C)C1. The molecule has 1 N–H and O–H groups in total. The van der Waals surface area contributed by atoms with E-state index in [-0.39, 0.29) is 12.1 Å². The summed E-state index contributed by atoms with van der Waals surface area (Å²) in [6, 6.07) is 7.42. The number of anilines is 1. The van der Waals surface area contributed by atoms with E-state index >= 15 is 0 Å². The molecular formula is C16H22ClNO3. The Morgan fingerprint density at radius 3 is 2.81 bits per heavy atom. The molecule has 0 aromatic heterocycles. The summed E-state index contributed by atoms with van der Waals surface area (Å²) in [7, 11) is 1.41. The van der Waals surface area contributed by atoms with E-state index in [4.69, 9.17) is 21.1 Å². The standard InChI is InChI=1S/C16H22ClNO3/c1-11(2)14-10-16(8-9-21-14,15(19)20-3)18-13-7-5-4-6-12(13)17/h4-7,11,14,18H,8-10H2,1-3H3. The zero-order valence-electron chi connectivity index (χ0n) is 12.7. The van der Waals surface area contributed by atoms with Crippen molar-refractivity contribution in [1.29, 1.82) is 0 Å². The second kappa shape index (κ2) is 6.67. The summed E-state index contributed by atoms with van der Waals surface area (Å²) in [5.74, 6) is 0.0683. The van der Waals surface area contributed by atoms with Gasteiger partial charge in [0.1, 0.15) is 5.54 Å². The average Bonchev–Trinajstić information content (AvgIpc) is 2.49. The Bertz CT molecular complexity index is 506. The van der Waals surface area contributed by atoms with Gasteiger partial charge in [0.25, 0.3) is 0 Å². The van der Waals surface area contributed by atoms with Gasteiger partial charge in [0.2, 0.25) is 0 Å². The number of ether oxygens (including phenoxy) is 2. The van der Waals surface area contributed by atoms with Crippen molar-refractivity contribution in [1.82, 2.24) is 0 Å². The van der Waals surface area contributed by atoms with Crippen LogP contribution in [0.3, 0.4) is 0 Å². The fraction of sp³-hybridized carbons (Fsp3) is 0.562. The van der Waals surface area contributed by atoms with Crippen molar-refractivity contribution in [2.75, 3.05) is 19.0 Å². The summed E-state index contributed by atoms with van der Waals surface area (Å²) < 4.78 is 10.8. The maximum atomic E-state index is 12.4. The van der Waals surface area contributed by atoms with Crippen molar-refractivity contribution in [2.24, 2.45) is 5.92 Å². The lowest BCUT2D eigenvalue weighted by molar-refractivity contribution is -0.152. The van der Waals surface area contributed by atoms with E-state index in [1.807, 2.05) is 18.2 Å². The maximum absolute atomic E-state index is 12.4. The van der Waals surface area contributed by atoms with Crippen molar-refractivity contribution in [3.63, 3.8) is 0 Å². The molecule has 0 bridgehead atoms. The monoisotopic (exact) mass is 311 g/mol. The molecular weight excluding hydrogens is 290 g/mol. The van der Waals surface area contributed by atoms with Crippen LogP contribution in [0, 0.1) is 5.92 Å². The molecule has 1 aromatic rings. The number of hydrogen-bond acceptors (Lipinski definition) is 4. The summed E-state index contributed by atoms with van der Waals surface area (Å²) in [5, 5.41) is 3.90. The van der Waals surface area contributed by atoms with E-state index in [0.717, 1.165) is 5.69 Å². The Morgan fingerprint density at radius 1 is 1.48 bits per heavy atom.